The summed E-state index contributed by atoms with van der Waals surface area (Å²) in [5.41, 5.74) is 0.902. The van der Waals surface area contributed by atoms with Gasteiger partial charge in [0, 0.05) is 49.5 Å². The second-order valence-electron chi connectivity index (χ2n) is 6.46. The van der Waals surface area contributed by atoms with Gasteiger partial charge < -0.3 is 19.9 Å². The van der Waals surface area contributed by atoms with Crippen LogP contribution in [0.3, 0.4) is 0 Å². The summed E-state index contributed by atoms with van der Waals surface area (Å²) in [4.78, 5) is 43.3. The fourth-order valence-electron chi connectivity index (χ4n) is 2.71. The Bertz CT molecular complexity index is 861. The van der Waals surface area contributed by atoms with Gasteiger partial charge in [-0.3, -0.25) is 9.59 Å². The molecule has 1 saturated heterocycles. The lowest BCUT2D eigenvalue weighted by atomic mass is 9.95. The van der Waals surface area contributed by atoms with E-state index >= 15 is 0 Å². The van der Waals surface area contributed by atoms with E-state index in [0.717, 1.165) is 5.69 Å². The number of likely N-dealkylation sites (tertiary alicyclic amines) is 1. The molecule has 2 aromatic rings. The lowest BCUT2D eigenvalue weighted by Crippen LogP contribution is -2.42. The van der Waals surface area contributed by atoms with Crippen LogP contribution in [0.25, 0.3) is 0 Å². The van der Waals surface area contributed by atoms with Crippen LogP contribution in [0.5, 0.6) is 0 Å². The van der Waals surface area contributed by atoms with Gasteiger partial charge in [0.05, 0.1) is 12.7 Å². The molecule has 2 N–H and O–H groups in total. The Morgan fingerprint density at radius 1 is 1.30 bits per heavy atom. The molecule has 0 aromatic carbocycles. The first kappa shape index (κ1) is 23.3. The molecule has 164 valence electrons. The van der Waals surface area contributed by atoms with Crippen molar-refractivity contribution < 1.29 is 32.7 Å². The first-order chi connectivity index (χ1) is 14.1. The second-order valence-corrected chi connectivity index (χ2v) is 7.35. The third-order valence-electron chi connectivity index (χ3n) is 4.37. The van der Waals surface area contributed by atoms with Gasteiger partial charge in [-0.15, -0.1) is 11.3 Å². The van der Waals surface area contributed by atoms with Crippen LogP contribution >= 0.6 is 11.3 Å². The number of thiazole rings is 1. The minimum Gasteiger partial charge on any atom is -0.475 e. The van der Waals surface area contributed by atoms with E-state index in [9.17, 15) is 22.8 Å². The number of carboxylic acids is 1. The number of nitrogens with zero attached hydrogens (tertiary/aromatic N) is 4. The SMILES string of the molecule is Cn1cncc1CC(=O)N1CCC(C(=O)Nc2nccs2)CC1.O=C(O)C(F)(F)F. The zero-order valence-electron chi connectivity index (χ0n) is 15.9. The van der Waals surface area contributed by atoms with Crippen molar-refractivity contribution in [2.24, 2.45) is 13.0 Å². The maximum Gasteiger partial charge on any atom is 0.490 e. The highest BCUT2D eigenvalue weighted by Gasteiger charge is 2.38. The highest BCUT2D eigenvalue weighted by atomic mass is 32.1. The first-order valence-corrected chi connectivity index (χ1v) is 9.69. The van der Waals surface area contributed by atoms with Crippen LogP contribution < -0.4 is 5.32 Å². The molecule has 9 nitrogen and oxygen atoms in total. The molecule has 1 aliphatic rings. The van der Waals surface area contributed by atoms with E-state index in [1.165, 1.54) is 11.3 Å². The zero-order chi connectivity index (χ0) is 22.3. The number of aliphatic carboxylic acids is 1. The fourth-order valence-corrected chi connectivity index (χ4v) is 3.24. The van der Waals surface area contributed by atoms with Crippen LogP contribution in [0.2, 0.25) is 0 Å². The molecule has 1 fully saturated rings. The van der Waals surface area contributed by atoms with Gasteiger partial charge in [0.15, 0.2) is 5.13 Å². The summed E-state index contributed by atoms with van der Waals surface area (Å²) >= 11 is 1.41. The summed E-state index contributed by atoms with van der Waals surface area (Å²) in [7, 11) is 1.88. The standard InChI is InChI=1S/C15H19N5O2S.C2HF3O2/c1-19-10-16-9-12(19)8-13(21)20-5-2-11(3-6-20)14(22)18-15-17-4-7-23-15;3-2(4,5)1(6)7/h4,7,9-11H,2-3,5-6,8H2,1H3,(H,17,18,22);(H,6,7). The van der Waals surface area contributed by atoms with Gasteiger partial charge >= 0.3 is 12.1 Å². The quantitative estimate of drug-likeness (QED) is 0.740. The summed E-state index contributed by atoms with van der Waals surface area (Å²) in [6.45, 7) is 1.24. The fraction of sp³-hybridized carbons (Fsp3) is 0.471. The van der Waals surface area contributed by atoms with Gasteiger partial charge in [-0.25, -0.2) is 14.8 Å². The number of piperidine rings is 1. The molecule has 0 aliphatic carbocycles. The van der Waals surface area contributed by atoms with Crippen LogP contribution in [0.1, 0.15) is 18.5 Å². The number of halogens is 3. The minimum absolute atomic E-state index is 0.00122. The molecule has 0 radical (unpaired) electrons. The number of aryl methyl sites for hydroxylation is 1. The lowest BCUT2D eigenvalue weighted by molar-refractivity contribution is -0.192. The predicted octanol–water partition coefficient (Wildman–Crippen LogP) is 1.93. The van der Waals surface area contributed by atoms with E-state index in [1.54, 1.807) is 18.7 Å². The third kappa shape index (κ3) is 6.83. The highest BCUT2D eigenvalue weighted by molar-refractivity contribution is 7.13. The molecule has 3 rings (SSSR count). The Hall–Kier alpha value is -2.96. The van der Waals surface area contributed by atoms with Crippen molar-refractivity contribution in [1.29, 1.82) is 0 Å². The van der Waals surface area contributed by atoms with Gasteiger partial charge in [-0.05, 0) is 12.8 Å². The topological polar surface area (TPSA) is 117 Å². The van der Waals surface area contributed by atoms with Crippen LogP contribution in [-0.2, 0) is 27.9 Å². The Labute approximate surface area is 173 Å². The van der Waals surface area contributed by atoms with E-state index in [4.69, 9.17) is 9.90 Å². The first-order valence-electron chi connectivity index (χ1n) is 8.81. The lowest BCUT2D eigenvalue weighted by Gasteiger charge is -2.31. The maximum atomic E-state index is 12.3. The number of aromatic nitrogens is 3. The number of anilines is 1. The summed E-state index contributed by atoms with van der Waals surface area (Å²) in [6.07, 6.45) is 1.72. The number of imidazole rings is 1. The van der Waals surface area contributed by atoms with Gasteiger partial charge in [-0.2, -0.15) is 13.2 Å². The largest absolute Gasteiger partial charge is 0.490 e. The van der Waals surface area contributed by atoms with Crippen LogP contribution in [0.15, 0.2) is 24.1 Å². The maximum absolute atomic E-state index is 12.3. The van der Waals surface area contributed by atoms with Crippen molar-refractivity contribution in [1.82, 2.24) is 19.4 Å². The zero-order valence-corrected chi connectivity index (χ0v) is 16.7. The number of carboxylic acid groups (broad SMARTS) is 1. The summed E-state index contributed by atoms with van der Waals surface area (Å²) in [5, 5.41) is 12.4. The number of hydrogen-bond acceptors (Lipinski definition) is 6. The summed E-state index contributed by atoms with van der Waals surface area (Å²) in [6, 6.07) is 0. The van der Waals surface area contributed by atoms with Crippen LogP contribution in [0.4, 0.5) is 18.3 Å². The Morgan fingerprint density at radius 3 is 2.40 bits per heavy atom. The predicted molar refractivity (Wildman–Crippen MR) is 101 cm³/mol. The molecule has 2 aromatic heterocycles. The average Bonchev–Trinajstić information content (AvgIpc) is 3.33. The van der Waals surface area contributed by atoms with Gasteiger partial charge in [0.25, 0.3) is 0 Å². The number of carbonyl (C=O) groups is 3. The van der Waals surface area contributed by atoms with Gasteiger partial charge in [0.2, 0.25) is 11.8 Å². The molecular weight excluding hydrogens is 427 g/mol. The van der Waals surface area contributed by atoms with E-state index < -0.39 is 12.1 Å². The number of carbonyl (C=O) groups excluding carboxylic acids is 2. The third-order valence-corrected chi connectivity index (χ3v) is 5.06. The Balaban J connectivity index is 0.000000396. The van der Waals surface area contributed by atoms with Crippen molar-refractivity contribution in [2.75, 3.05) is 18.4 Å². The van der Waals surface area contributed by atoms with E-state index in [2.05, 4.69) is 15.3 Å². The molecule has 2 amide bonds. The minimum atomic E-state index is -5.08. The number of rotatable bonds is 4. The summed E-state index contributed by atoms with van der Waals surface area (Å²) < 4.78 is 33.6. The molecule has 30 heavy (non-hydrogen) atoms. The molecule has 3 heterocycles. The highest BCUT2D eigenvalue weighted by Crippen LogP contribution is 2.21. The van der Waals surface area contributed by atoms with Crippen molar-refractivity contribution in [3.63, 3.8) is 0 Å². The van der Waals surface area contributed by atoms with Gasteiger partial charge in [-0.1, -0.05) is 0 Å². The number of amides is 2. The van der Waals surface area contributed by atoms with Crippen molar-refractivity contribution in [3.8, 4) is 0 Å². The molecule has 13 heteroatoms. The molecular formula is C17H20F3N5O4S. The molecule has 0 unspecified atom stereocenters. The monoisotopic (exact) mass is 447 g/mol. The normalized spacial score (nSPS) is 14.6. The molecule has 0 spiro atoms. The van der Waals surface area contributed by atoms with E-state index in [1.807, 2.05) is 21.9 Å². The number of alkyl halides is 3. The molecule has 1 aliphatic heterocycles. The molecule has 0 bridgehead atoms. The van der Waals surface area contributed by atoms with Crippen molar-refractivity contribution in [2.45, 2.75) is 25.4 Å². The van der Waals surface area contributed by atoms with Gasteiger partial charge in [0.1, 0.15) is 0 Å². The molecule has 0 saturated carbocycles. The Morgan fingerprint density at radius 2 is 1.93 bits per heavy atom. The van der Waals surface area contributed by atoms with Crippen molar-refractivity contribution in [3.05, 3.63) is 29.8 Å². The van der Waals surface area contributed by atoms with E-state index in [-0.39, 0.29) is 17.7 Å². The van der Waals surface area contributed by atoms with E-state index in [0.29, 0.717) is 37.5 Å². The van der Waals surface area contributed by atoms with Crippen LogP contribution in [-0.4, -0.2) is 61.6 Å². The number of hydrogen-bond donors (Lipinski definition) is 2. The second kappa shape index (κ2) is 10.2. The van der Waals surface area contributed by atoms with Crippen LogP contribution in [0, 0.1) is 5.92 Å². The van der Waals surface area contributed by atoms with Crippen molar-refractivity contribution >= 4 is 34.3 Å². The molecule has 0 atom stereocenters. The summed E-state index contributed by atoms with van der Waals surface area (Å²) in [5.74, 6) is -2.72. The number of nitrogens with one attached hydrogen (secondary N) is 1. The average molecular weight is 447 g/mol. The smallest absolute Gasteiger partial charge is 0.475 e. The Kier molecular flexibility index (Phi) is 7.92.